The van der Waals surface area contributed by atoms with Gasteiger partial charge >= 0.3 is 0 Å². The number of hydrogen-bond donors (Lipinski definition) is 3. The van der Waals surface area contributed by atoms with Crippen LogP contribution in [0.25, 0.3) is 10.9 Å². The third-order valence-electron chi connectivity index (χ3n) is 3.95. The van der Waals surface area contributed by atoms with Crippen molar-refractivity contribution < 1.29 is 9.90 Å². The molecule has 0 radical (unpaired) electrons. The van der Waals surface area contributed by atoms with Crippen LogP contribution in [-0.2, 0) is 6.42 Å². The summed E-state index contributed by atoms with van der Waals surface area (Å²) in [7, 11) is 0. The van der Waals surface area contributed by atoms with Crippen molar-refractivity contribution in [3.8, 4) is 5.75 Å². The van der Waals surface area contributed by atoms with Gasteiger partial charge in [-0.2, -0.15) is 0 Å². The van der Waals surface area contributed by atoms with Gasteiger partial charge in [-0.15, -0.1) is 0 Å². The molecule has 1 heterocycles. The van der Waals surface area contributed by atoms with E-state index in [4.69, 9.17) is 0 Å². The van der Waals surface area contributed by atoms with E-state index < -0.39 is 0 Å². The maximum atomic E-state index is 12.3. The lowest BCUT2D eigenvalue weighted by Crippen LogP contribution is -2.20. The molecule has 0 saturated heterocycles. The number of carbonyl (C=O) groups is 1. The molecule has 0 saturated carbocycles. The molecule has 4 nitrogen and oxygen atoms in total. The molecule has 2 aromatic carbocycles. The molecular formula is C19H20N2O2. The van der Waals surface area contributed by atoms with Crippen molar-refractivity contribution in [2.75, 3.05) is 13.1 Å². The zero-order valence-electron chi connectivity index (χ0n) is 12.9. The van der Waals surface area contributed by atoms with Gasteiger partial charge in [-0.05, 0) is 36.7 Å². The Balaban J connectivity index is 1.45. The smallest absolute Gasteiger partial charge is 0.166 e. The minimum Gasteiger partial charge on any atom is -0.508 e. The maximum Gasteiger partial charge on any atom is 0.166 e. The Hall–Kier alpha value is -2.59. The summed E-state index contributed by atoms with van der Waals surface area (Å²) in [5.74, 6) is 0.436. The fourth-order valence-corrected chi connectivity index (χ4v) is 2.66. The molecule has 0 aliphatic heterocycles. The Kier molecular flexibility index (Phi) is 4.74. The summed E-state index contributed by atoms with van der Waals surface area (Å²) in [6.45, 7) is 1.47. The predicted molar refractivity (Wildman–Crippen MR) is 91.9 cm³/mol. The molecule has 3 rings (SSSR count). The average molecular weight is 308 g/mol. The Bertz CT molecular complexity index is 790. The number of aromatic amines is 1. The summed E-state index contributed by atoms with van der Waals surface area (Å²) in [5, 5.41) is 13.5. The van der Waals surface area contributed by atoms with Crippen molar-refractivity contribution in [2.45, 2.75) is 12.8 Å². The summed E-state index contributed by atoms with van der Waals surface area (Å²) >= 11 is 0. The van der Waals surface area contributed by atoms with Crippen LogP contribution in [0.4, 0.5) is 0 Å². The Morgan fingerprint density at radius 2 is 1.83 bits per heavy atom. The number of hydrogen-bond acceptors (Lipinski definition) is 3. The third-order valence-corrected chi connectivity index (χ3v) is 3.95. The van der Waals surface area contributed by atoms with E-state index in [1.165, 1.54) is 5.56 Å². The normalized spacial score (nSPS) is 11.0. The summed E-state index contributed by atoms with van der Waals surface area (Å²) in [4.78, 5) is 15.4. The van der Waals surface area contributed by atoms with E-state index in [2.05, 4.69) is 10.3 Å². The summed E-state index contributed by atoms with van der Waals surface area (Å²) in [6.07, 6.45) is 3.16. The summed E-state index contributed by atoms with van der Waals surface area (Å²) in [6, 6.07) is 15.0. The van der Waals surface area contributed by atoms with Gasteiger partial charge in [0, 0.05) is 35.6 Å². The highest BCUT2D eigenvalue weighted by molar-refractivity contribution is 6.07. The Labute approximate surface area is 135 Å². The highest BCUT2D eigenvalue weighted by Crippen LogP contribution is 2.18. The van der Waals surface area contributed by atoms with Gasteiger partial charge in [-0.1, -0.05) is 30.3 Å². The number of benzene rings is 2. The van der Waals surface area contributed by atoms with Gasteiger partial charge < -0.3 is 15.4 Å². The summed E-state index contributed by atoms with van der Waals surface area (Å²) in [5.41, 5.74) is 2.93. The fraction of sp³-hybridized carbons (Fsp3) is 0.211. The largest absolute Gasteiger partial charge is 0.508 e. The molecule has 3 aromatic rings. The number of fused-ring (bicyclic) bond motifs is 1. The number of phenols is 1. The molecule has 0 unspecified atom stereocenters. The SMILES string of the molecule is O=C(CCNCCc1ccc(O)cc1)c1c[nH]c2ccccc12. The zero-order valence-corrected chi connectivity index (χ0v) is 12.9. The molecule has 3 N–H and O–H groups in total. The Morgan fingerprint density at radius 3 is 2.65 bits per heavy atom. The molecule has 0 fully saturated rings. The molecule has 23 heavy (non-hydrogen) atoms. The number of phenolic OH excluding ortho intramolecular Hbond substituents is 1. The van der Waals surface area contributed by atoms with Gasteiger partial charge in [-0.3, -0.25) is 4.79 Å². The van der Waals surface area contributed by atoms with E-state index in [0.717, 1.165) is 29.4 Å². The predicted octanol–water partition coefficient (Wildman–Crippen LogP) is 3.28. The number of rotatable bonds is 7. The zero-order chi connectivity index (χ0) is 16.1. The molecule has 0 spiro atoms. The summed E-state index contributed by atoms with van der Waals surface area (Å²) < 4.78 is 0. The second-order valence-corrected chi connectivity index (χ2v) is 5.59. The molecule has 4 heteroatoms. The molecular weight excluding hydrogens is 288 g/mol. The number of aromatic nitrogens is 1. The number of Topliss-reactive ketones (excluding diaryl/α,β-unsaturated/α-hetero) is 1. The first-order chi connectivity index (χ1) is 11.2. The highest BCUT2D eigenvalue weighted by Gasteiger charge is 2.10. The van der Waals surface area contributed by atoms with Crippen molar-refractivity contribution >= 4 is 16.7 Å². The van der Waals surface area contributed by atoms with Crippen LogP contribution in [0.3, 0.4) is 0 Å². The Morgan fingerprint density at radius 1 is 1.04 bits per heavy atom. The van der Waals surface area contributed by atoms with Crippen LogP contribution in [-0.4, -0.2) is 29.0 Å². The van der Waals surface area contributed by atoms with Crippen LogP contribution in [0.1, 0.15) is 22.3 Å². The lowest BCUT2D eigenvalue weighted by atomic mass is 10.1. The fourth-order valence-electron chi connectivity index (χ4n) is 2.66. The lowest BCUT2D eigenvalue weighted by molar-refractivity contribution is 0.0984. The highest BCUT2D eigenvalue weighted by atomic mass is 16.3. The quantitative estimate of drug-likeness (QED) is 0.463. The number of nitrogens with one attached hydrogen (secondary N) is 2. The first-order valence-corrected chi connectivity index (χ1v) is 7.82. The van der Waals surface area contributed by atoms with E-state index in [1.54, 1.807) is 18.3 Å². The second-order valence-electron chi connectivity index (χ2n) is 5.59. The number of carbonyl (C=O) groups excluding carboxylic acids is 1. The second kappa shape index (κ2) is 7.11. The average Bonchev–Trinajstić information content (AvgIpc) is 3.00. The van der Waals surface area contributed by atoms with Crippen molar-refractivity contribution in [3.63, 3.8) is 0 Å². The standard InChI is InChI=1S/C19H20N2O2/c22-15-7-5-14(6-8-15)9-11-20-12-10-19(23)17-13-21-18-4-2-1-3-16(17)18/h1-8,13,20-22H,9-12H2. The first-order valence-electron chi connectivity index (χ1n) is 7.82. The van der Waals surface area contributed by atoms with Gasteiger partial charge in [0.2, 0.25) is 0 Å². The minimum atomic E-state index is 0.152. The lowest BCUT2D eigenvalue weighted by Gasteiger charge is -2.05. The molecule has 0 aliphatic rings. The molecule has 1 aromatic heterocycles. The van der Waals surface area contributed by atoms with Gasteiger partial charge in [0.05, 0.1) is 0 Å². The number of ketones is 1. The molecule has 0 atom stereocenters. The van der Waals surface area contributed by atoms with Crippen LogP contribution in [0.15, 0.2) is 54.7 Å². The van der Waals surface area contributed by atoms with E-state index in [-0.39, 0.29) is 11.5 Å². The number of para-hydroxylation sites is 1. The van der Waals surface area contributed by atoms with Crippen LogP contribution in [0.5, 0.6) is 5.75 Å². The van der Waals surface area contributed by atoms with Crippen molar-refractivity contribution in [1.82, 2.24) is 10.3 Å². The topological polar surface area (TPSA) is 65.1 Å². The first kappa shape index (κ1) is 15.3. The van der Waals surface area contributed by atoms with Crippen LogP contribution < -0.4 is 5.32 Å². The number of aromatic hydroxyl groups is 1. The molecule has 0 aliphatic carbocycles. The van der Waals surface area contributed by atoms with Crippen molar-refractivity contribution in [1.29, 1.82) is 0 Å². The van der Waals surface area contributed by atoms with E-state index in [1.807, 2.05) is 36.4 Å². The third kappa shape index (κ3) is 3.79. The number of H-pyrrole nitrogens is 1. The van der Waals surface area contributed by atoms with Gasteiger partial charge in [0.25, 0.3) is 0 Å². The van der Waals surface area contributed by atoms with Crippen molar-refractivity contribution in [3.05, 3.63) is 65.9 Å². The van der Waals surface area contributed by atoms with Crippen LogP contribution in [0, 0.1) is 0 Å². The maximum absolute atomic E-state index is 12.3. The van der Waals surface area contributed by atoms with Crippen LogP contribution >= 0.6 is 0 Å². The van der Waals surface area contributed by atoms with E-state index >= 15 is 0 Å². The van der Waals surface area contributed by atoms with Gasteiger partial charge in [0.1, 0.15) is 5.75 Å². The van der Waals surface area contributed by atoms with Crippen LogP contribution in [0.2, 0.25) is 0 Å². The molecule has 0 amide bonds. The van der Waals surface area contributed by atoms with E-state index in [0.29, 0.717) is 13.0 Å². The van der Waals surface area contributed by atoms with Gasteiger partial charge in [-0.25, -0.2) is 0 Å². The van der Waals surface area contributed by atoms with Gasteiger partial charge in [0.15, 0.2) is 5.78 Å². The van der Waals surface area contributed by atoms with Crippen molar-refractivity contribution in [2.24, 2.45) is 0 Å². The molecule has 0 bridgehead atoms. The van der Waals surface area contributed by atoms with E-state index in [9.17, 15) is 9.90 Å². The molecule has 118 valence electrons. The monoisotopic (exact) mass is 308 g/mol. The minimum absolute atomic E-state index is 0.152.